The van der Waals surface area contributed by atoms with Crippen LogP contribution >= 0.6 is 0 Å². The van der Waals surface area contributed by atoms with Crippen LogP contribution in [0.3, 0.4) is 0 Å². The van der Waals surface area contributed by atoms with Crippen LogP contribution in [-0.4, -0.2) is 65.9 Å². The molecule has 1 aliphatic carbocycles. The monoisotopic (exact) mass is 893 g/mol. The number of likely N-dealkylation sites (tertiary alicyclic amines) is 1. The van der Waals surface area contributed by atoms with Crippen molar-refractivity contribution in [2.75, 3.05) is 33.2 Å². The quantitative estimate of drug-likeness (QED) is 0.0791. The van der Waals surface area contributed by atoms with Gasteiger partial charge in [-0.05, 0) is 83.8 Å². The van der Waals surface area contributed by atoms with Crippen LogP contribution < -0.4 is 5.32 Å². The molecule has 6 nitrogen and oxygen atoms in total. The van der Waals surface area contributed by atoms with Crippen molar-refractivity contribution in [2.45, 2.75) is 131 Å². The number of phenolic OH excluding ortho intramolecular Hbond substituents is 1. The van der Waals surface area contributed by atoms with E-state index in [1.807, 2.05) is 45.9 Å². The number of hydrogen-bond acceptors (Lipinski definition) is 6. The van der Waals surface area contributed by atoms with Crippen molar-refractivity contribution in [1.82, 2.24) is 15.1 Å². The summed E-state index contributed by atoms with van der Waals surface area (Å²) in [6.07, 6.45) is 11.4. The number of nitrogens with one attached hydrogen (secondary N) is 1. The molecular weight excluding hydrogens is 819 g/mol. The van der Waals surface area contributed by atoms with Crippen molar-refractivity contribution in [3.8, 4) is 5.75 Å². The molecule has 1 aromatic carbocycles. The van der Waals surface area contributed by atoms with E-state index in [2.05, 4.69) is 89.2 Å². The van der Waals surface area contributed by atoms with Gasteiger partial charge >= 0.3 is 155 Å². The van der Waals surface area contributed by atoms with Gasteiger partial charge < -0.3 is 10.0 Å². The fourth-order valence-corrected chi connectivity index (χ4v) is 7.10. The van der Waals surface area contributed by atoms with Crippen molar-refractivity contribution in [1.29, 1.82) is 0 Å². The number of carbonyl (C=O) groups excluding carboxylic acids is 2. The third-order valence-corrected chi connectivity index (χ3v) is 10.7. The molecule has 0 radical (unpaired) electrons. The Balaban J connectivity index is 0.00000111. The fraction of sp³-hybridized carbons (Fsp3) is 0.614. The summed E-state index contributed by atoms with van der Waals surface area (Å²) in [6.45, 7) is 32.5. The summed E-state index contributed by atoms with van der Waals surface area (Å²) in [5.74, 6) is 4.07. The molecular formula is C44H72HgN3O3. The number of nitrogens with zero attached hydrogens (tertiary/aromatic N) is 2. The number of piperidine rings is 1. The summed E-state index contributed by atoms with van der Waals surface area (Å²) in [5.41, 5.74) is 6.33. The Labute approximate surface area is 329 Å². The van der Waals surface area contributed by atoms with E-state index in [0.29, 0.717) is 71.4 Å². The van der Waals surface area contributed by atoms with E-state index in [4.69, 9.17) is 5.11 Å². The predicted octanol–water partition coefficient (Wildman–Crippen LogP) is 10.3. The van der Waals surface area contributed by atoms with Crippen LogP contribution in [0, 0.1) is 18.8 Å². The predicted molar refractivity (Wildman–Crippen MR) is 215 cm³/mol. The van der Waals surface area contributed by atoms with E-state index in [-0.39, 0.29) is 5.78 Å². The van der Waals surface area contributed by atoms with Crippen molar-refractivity contribution in [3.63, 3.8) is 0 Å². The van der Waals surface area contributed by atoms with E-state index in [9.17, 15) is 9.59 Å². The number of phenols is 1. The minimum Gasteiger partial charge on any atom is -0.508 e. The minimum atomic E-state index is -0.0244. The Bertz CT molecular complexity index is 1280. The maximum absolute atomic E-state index is 12.5. The zero-order valence-electron chi connectivity index (χ0n) is 34.6. The molecule has 0 bridgehead atoms. The molecule has 2 N–H and O–H groups in total. The maximum atomic E-state index is 12.5. The molecule has 1 heterocycles. The van der Waals surface area contributed by atoms with Gasteiger partial charge in [-0.25, -0.2) is 0 Å². The maximum Gasteiger partial charge on any atom is 0.115 e. The van der Waals surface area contributed by atoms with Crippen molar-refractivity contribution >= 4 is 11.7 Å². The van der Waals surface area contributed by atoms with E-state index in [0.717, 1.165) is 48.7 Å². The number of hydrogen-bond donors (Lipinski definition) is 2. The SMILES string of the molecule is C=C1C(=O)C(NC(/C=C(/C)C(C)N(CCC)CC(C)CC)=C/C)=C1CCC(=C=O)C[CH](C)[Hg].CC.CC1CCN(C)CC1.Cc1ccc(O)cc1. The average Bonchev–Trinajstić information content (AvgIpc) is 3.12. The molecule has 0 amide bonds. The Morgan fingerprint density at radius 3 is 2.20 bits per heavy atom. The summed E-state index contributed by atoms with van der Waals surface area (Å²) in [6, 6.07) is 7.42. The zero-order valence-corrected chi connectivity index (χ0v) is 40.1. The first-order valence-electron chi connectivity index (χ1n) is 19.5. The van der Waals surface area contributed by atoms with Crippen LogP contribution in [0.25, 0.3) is 0 Å². The summed E-state index contributed by atoms with van der Waals surface area (Å²) >= 11 is 0.643. The number of aryl methyl sites for hydroxylation is 1. The number of Topliss-reactive ketones (excluding diaryl/α,β-unsaturated/α-hetero) is 1. The van der Waals surface area contributed by atoms with Crippen LogP contribution in [-0.2, 0) is 35.7 Å². The molecule has 283 valence electrons. The summed E-state index contributed by atoms with van der Waals surface area (Å²) < 4.78 is 0.608. The van der Waals surface area contributed by atoms with Crippen molar-refractivity contribution < 1.29 is 40.8 Å². The molecule has 3 atom stereocenters. The van der Waals surface area contributed by atoms with Gasteiger partial charge in [0, 0.05) is 6.54 Å². The summed E-state index contributed by atoms with van der Waals surface area (Å²) in [7, 11) is 2.20. The smallest absolute Gasteiger partial charge is 0.115 e. The van der Waals surface area contributed by atoms with Gasteiger partial charge in [-0.3, -0.25) is 4.90 Å². The molecule has 1 saturated heterocycles. The number of benzene rings is 1. The Morgan fingerprint density at radius 1 is 1.16 bits per heavy atom. The normalized spacial score (nSPS) is 17.1. The molecule has 0 aromatic heterocycles. The largest absolute Gasteiger partial charge is 0.508 e. The molecule has 1 aliphatic heterocycles. The van der Waals surface area contributed by atoms with E-state index < -0.39 is 0 Å². The fourth-order valence-electron chi connectivity index (χ4n) is 5.74. The van der Waals surface area contributed by atoms with Crippen LogP contribution in [0.5, 0.6) is 5.75 Å². The van der Waals surface area contributed by atoms with Gasteiger partial charge in [0.25, 0.3) is 0 Å². The molecule has 1 fully saturated rings. The molecule has 2 aliphatic rings. The first-order valence-corrected chi connectivity index (χ1v) is 22.7. The third-order valence-electron chi connectivity index (χ3n) is 9.55. The number of rotatable bonds is 15. The van der Waals surface area contributed by atoms with Crippen LogP contribution in [0.4, 0.5) is 0 Å². The summed E-state index contributed by atoms with van der Waals surface area (Å²) in [5, 5.41) is 12.1. The van der Waals surface area contributed by atoms with Gasteiger partial charge in [-0.15, -0.1) is 0 Å². The second-order valence-corrected chi connectivity index (χ2v) is 19.9. The topological polar surface area (TPSA) is 72.9 Å². The molecule has 7 heteroatoms. The van der Waals surface area contributed by atoms with Gasteiger partial charge in [-0.2, -0.15) is 0 Å². The first-order chi connectivity index (χ1) is 24.2. The average molecular weight is 892 g/mol. The van der Waals surface area contributed by atoms with Gasteiger partial charge in [0.05, 0.1) is 0 Å². The van der Waals surface area contributed by atoms with E-state index >= 15 is 0 Å². The van der Waals surface area contributed by atoms with Crippen LogP contribution in [0.1, 0.15) is 120 Å². The van der Waals surface area contributed by atoms with Crippen LogP contribution in [0.2, 0.25) is 3.43 Å². The standard InChI is InChI=1S/C28H43N2O2.C7H15N.C7H8O.C2H6.Hg/c1-9-13-24(19-31)14-15-26-22(7)28(32)27(26)29-25(12-4)17-21(6)23(8)30(16-10-2)18-20(5)11-3;1-7-3-5-8(2)6-4-7;1-6-2-4-7(8)5-3-6;1-2;/h9,12,17,20,23,29H,7,10-11,13-16,18H2,1-6,8H3;7H,3-6H2,1-2H3;2-5,8H,1H3;1-2H3;/b21-17-,25-12+;;;;. The van der Waals surface area contributed by atoms with Gasteiger partial charge in [0.2, 0.25) is 0 Å². The number of aromatic hydroxyl groups is 1. The molecule has 0 saturated carbocycles. The Hall–Kier alpha value is -2.24. The molecule has 0 spiro atoms. The molecule has 3 unspecified atom stereocenters. The van der Waals surface area contributed by atoms with Crippen molar-refractivity contribution in [2.24, 2.45) is 11.8 Å². The Morgan fingerprint density at radius 2 is 1.75 bits per heavy atom. The summed E-state index contributed by atoms with van der Waals surface area (Å²) in [4.78, 5) is 28.8. The Kier molecular flexibility index (Phi) is 26.2. The van der Waals surface area contributed by atoms with Gasteiger partial charge in [-0.1, -0.05) is 65.7 Å². The minimum absolute atomic E-state index is 0.0244. The molecule has 1 aromatic rings. The number of allylic oxidation sites excluding steroid dienone is 5. The number of ketones is 1. The second kappa shape index (κ2) is 27.4. The molecule has 3 rings (SSSR count). The van der Waals surface area contributed by atoms with Gasteiger partial charge in [0.1, 0.15) is 5.75 Å². The van der Waals surface area contributed by atoms with E-state index in [1.54, 1.807) is 12.1 Å². The zero-order chi connectivity index (χ0) is 39.1. The van der Waals surface area contributed by atoms with E-state index in [1.165, 1.54) is 43.5 Å². The van der Waals surface area contributed by atoms with Crippen molar-refractivity contribution in [3.05, 3.63) is 82.2 Å². The number of carbonyl (C=O) groups is 1. The first kappa shape index (κ1) is 48.8. The van der Waals surface area contributed by atoms with Gasteiger partial charge in [0.15, 0.2) is 0 Å². The second-order valence-electron chi connectivity index (χ2n) is 14.4. The molecule has 51 heavy (non-hydrogen) atoms. The third kappa shape index (κ3) is 19.4. The van der Waals surface area contributed by atoms with Crippen LogP contribution in [0.15, 0.2) is 76.7 Å².